The van der Waals surface area contributed by atoms with Crippen LogP contribution >= 0.6 is 11.5 Å². The van der Waals surface area contributed by atoms with Crippen molar-refractivity contribution in [2.75, 3.05) is 0 Å². The molecule has 19 heavy (non-hydrogen) atoms. The zero-order valence-electron chi connectivity index (χ0n) is 11.8. The van der Waals surface area contributed by atoms with E-state index in [9.17, 15) is 0 Å². The highest BCUT2D eigenvalue weighted by Crippen LogP contribution is 2.22. The van der Waals surface area contributed by atoms with Gasteiger partial charge in [-0.25, -0.2) is 0 Å². The third kappa shape index (κ3) is 3.85. The minimum atomic E-state index is 0.354. The van der Waals surface area contributed by atoms with E-state index in [1.165, 1.54) is 22.7 Å². The molecule has 0 fully saturated rings. The van der Waals surface area contributed by atoms with Crippen LogP contribution in [0.4, 0.5) is 0 Å². The largest absolute Gasteiger partial charge is 0.304 e. The topological polar surface area (TPSA) is 37.8 Å². The molecule has 0 saturated carbocycles. The molecule has 1 aromatic carbocycles. The number of hydrogen-bond donors (Lipinski definition) is 1. The van der Waals surface area contributed by atoms with Gasteiger partial charge in [0.25, 0.3) is 0 Å². The molecule has 0 aliphatic carbocycles. The van der Waals surface area contributed by atoms with Gasteiger partial charge in [-0.15, -0.1) is 5.10 Å². The molecule has 102 valence electrons. The van der Waals surface area contributed by atoms with Crippen molar-refractivity contribution in [2.45, 2.75) is 39.8 Å². The molecule has 0 amide bonds. The van der Waals surface area contributed by atoms with E-state index in [0.29, 0.717) is 12.0 Å². The summed E-state index contributed by atoms with van der Waals surface area (Å²) in [7, 11) is 0. The Kier molecular flexibility index (Phi) is 5.05. The molecule has 1 heterocycles. The van der Waals surface area contributed by atoms with Crippen molar-refractivity contribution in [1.29, 1.82) is 0 Å². The van der Waals surface area contributed by atoms with Gasteiger partial charge in [0.2, 0.25) is 0 Å². The van der Waals surface area contributed by atoms with Gasteiger partial charge in [-0.3, -0.25) is 0 Å². The summed E-state index contributed by atoms with van der Waals surface area (Å²) >= 11 is 1.40. The maximum Gasteiger partial charge on any atom is 0.0893 e. The molecule has 2 aromatic rings. The Bertz CT molecular complexity index is 477. The van der Waals surface area contributed by atoms with Gasteiger partial charge in [0.15, 0.2) is 0 Å². The van der Waals surface area contributed by atoms with E-state index < -0.39 is 0 Å². The average molecular weight is 275 g/mol. The summed E-state index contributed by atoms with van der Waals surface area (Å²) < 4.78 is 3.89. The zero-order chi connectivity index (χ0) is 13.7. The first-order valence-electron chi connectivity index (χ1n) is 6.79. The van der Waals surface area contributed by atoms with Gasteiger partial charge >= 0.3 is 0 Å². The summed E-state index contributed by atoms with van der Waals surface area (Å²) in [6.07, 6.45) is 1.09. The van der Waals surface area contributed by atoms with Crippen molar-refractivity contribution in [3.8, 4) is 0 Å². The number of nitrogens with zero attached hydrogens (tertiary/aromatic N) is 2. The molecule has 0 saturated heterocycles. The quantitative estimate of drug-likeness (QED) is 0.875. The van der Waals surface area contributed by atoms with E-state index in [4.69, 9.17) is 0 Å². The van der Waals surface area contributed by atoms with E-state index in [-0.39, 0.29) is 0 Å². The lowest BCUT2D eigenvalue weighted by Crippen LogP contribution is -2.25. The molecule has 0 spiro atoms. The lowest BCUT2D eigenvalue weighted by atomic mass is 9.95. The number of nitrogens with one attached hydrogen (secondary N) is 1. The number of aromatic nitrogens is 2. The lowest BCUT2D eigenvalue weighted by Gasteiger charge is -2.22. The third-order valence-electron chi connectivity index (χ3n) is 3.32. The highest BCUT2D eigenvalue weighted by molar-refractivity contribution is 7.03. The first kappa shape index (κ1) is 14.2. The second-order valence-electron chi connectivity index (χ2n) is 5.09. The Morgan fingerprint density at radius 3 is 2.47 bits per heavy atom. The van der Waals surface area contributed by atoms with Crippen LogP contribution in [0.5, 0.6) is 0 Å². The van der Waals surface area contributed by atoms with Gasteiger partial charge in [-0.1, -0.05) is 49.5 Å². The Labute approximate surface area is 119 Å². The van der Waals surface area contributed by atoms with E-state index in [2.05, 4.69) is 59.9 Å². The highest BCUT2D eigenvalue weighted by Gasteiger charge is 2.15. The Hall–Kier alpha value is -1.26. The van der Waals surface area contributed by atoms with Crippen LogP contribution < -0.4 is 5.32 Å². The van der Waals surface area contributed by atoms with Crippen LogP contribution in [0.1, 0.15) is 43.6 Å². The average Bonchev–Trinajstić information content (AvgIpc) is 2.92. The number of hydrogen-bond acceptors (Lipinski definition) is 4. The minimum absolute atomic E-state index is 0.354. The molecular weight excluding hydrogens is 254 g/mol. The molecule has 1 aromatic heterocycles. The van der Waals surface area contributed by atoms with Gasteiger partial charge in [-0.2, -0.15) is 0 Å². The van der Waals surface area contributed by atoms with E-state index >= 15 is 0 Å². The normalized spacial score (nSPS) is 12.8. The highest BCUT2D eigenvalue weighted by atomic mass is 32.1. The van der Waals surface area contributed by atoms with Crippen molar-refractivity contribution in [3.63, 3.8) is 0 Å². The molecule has 1 atom stereocenters. The molecule has 0 aliphatic rings. The van der Waals surface area contributed by atoms with Gasteiger partial charge in [-0.05, 0) is 35.0 Å². The summed E-state index contributed by atoms with van der Waals surface area (Å²) in [4.78, 5) is 0. The summed E-state index contributed by atoms with van der Waals surface area (Å²) in [6.45, 7) is 7.44. The molecule has 0 aliphatic heterocycles. The zero-order valence-corrected chi connectivity index (χ0v) is 12.6. The Morgan fingerprint density at radius 2 is 1.95 bits per heavy atom. The fourth-order valence-corrected chi connectivity index (χ4v) is 2.63. The van der Waals surface area contributed by atoms with Crippen LogP contribution in [0.15, 0.2) is 29.6 Å². The summed E-state index contributed by atoms with van der Waals surface area (Å²) in [5.74, 6) is 0.541. The number of rotatable bonds is 6. The van der Waals surface area contributed by atoms with Crippen molar-refractivity contribution < 1.29 is 0 Å². The van der Waals surface area contributed by atoms with E-state index in [0.717, 1.165) is 18.7 Å². The molecule has 1 unspecified atom stereocenters. The molecule has 3 nitrogen and oxygen atoms in total. The van der Waals surface area contributed by atoms with Crippen LogP contribution in [0.3, 0.4) is 0 Å². The maximum absolute atomic E-state index is 4.07. The van der Waals surface area contributed by atoms with Crippen LogP contribution in [-0.4, -0.2) is 9.59 Å². The van der Waals surface area contributed by atoms with Crippen molar-refractivity contribution in [3.05, 3.63) is 46.5 Å². The smallest absolute Gasteiger partial charge is 0.0893 e. The number of benzene rings is 1. The molecule has 1 N–H and O–H groups in total. The van der Waals surface area contributed by atoms with Crippen LogP contribution in [0.25, 0.3) is 0 Å². The molecule has 4 heteroatoms. The fraction of sp³-hybridized carbons (Fsp3) is 0.467. The van der Waals surface area contributed by atoms with E-state index in [1.54, 1.807) is 0 Å². The van der Waals surface area contributed by atoms with Crippen LogP contribution in [-0.2, 0) is 13.0 Å². The predicted octanol–water partition coefficient (Wildman–Crippen LogP) is 3.59. The summed E-state index contributed by atoms with van der Waals surface area (Å²) in [6, 6.07) is 9.26. The van der Waals surface area contributed by atoms with Gasteiger partial charge in [0.1, 0.15) is 0 Å². The predicted molar refractivity (Wildman–Crippen MR) is 80.1 cm³/mol. The summed E-state index contributed by atoms with van der Waals surface area (Å²) in [5.41, 5.74) is 3.74. The standard InChI is InChI=1S/C15H21N3S/c1-4-12-5-7-13(8-6-12)15(11(2)3)16-9-14-10-19-18-17-14/h5-8,10-11,15-16H,4,9H2,1-3H3. The van der Waals surface area contributed by atoms with E-state index in [1.807, 2.05) is 5.38 Å². The van der Waals surface area contributed by atoms with Crippen LogP contribution in [0, 0.1) is 5.92 Å². The molecular formula is C15H21N3S. The third-order valence-corrected chi connectivity index (χ3v) is 3.88. The minimum Gasteiger partial charge on any atom is -0.304 e. The Balaban J connectivity index is 2.06. The maximum atomic E-state index is 4.07. The molecule has 0 bridgehead atoms. The summed E-state index contributed by atoms with van der Waals surface area (Å²) in [5, 5.41) is 9.64. The Morgan fingerprint density at radius 1 is 1.21 bits per heavy atom. The monoisotopic (exact) mass is 275 g/mol. The van der Waals surface area contributed by atoms with Gasteiger partial charge in [0, 0.05) is 18.0 Å². The number of aryl methyl sites for hydroxylation is 1. The first-order valence-corrected chi connectivity index (χ1v) is 7.62. The SMILES string of the molecule is CCc1ccc(C(NCc2csnn2)C(C)C)cc1. The molecule has 0 radical (unpaired) electrons. The second-order valence-corrected chi connectivity index (χ2v) is 5.70. The van der Waals surface area contributed by atoms with Gasteiger partial charge < -0.3 is 5.32 Å². The lowest BCUT2D eigenvalue weighted by molar-refractivity contribution is 0.408. The first-order chi connectivity index (χ1) is 9.20. The fourth-order valence-electron chi connectivity index (χ4n) is 2.17. The van der Waals surface area contributed by atoms with Gasteiger partial charge in [0.05, 0.1) is 5.69 Å². The molecule has 2 rings (SSSR count). The van der Waals surface area contributed by atoms with Crippen molar-refractivity contribution in [1.82, 2.24) is 14.9 Å². The van der Waals surface area contributed by atoms with Crippen molar-refractivity contribution >= 4 is 11.5 Å². The second kappa shape index (κ2) is 6.78. The van der Waals surface area contributed by atoms with Crippen LogP contribution in [0.2, 0.25) is 0 Å². The van der Waals surface area contributed by atoms with Crippen molar-refractivity contribution in [2.24, 2.45) is 5.92 Å².